The van der Waals surface area contributed by atoms with E-state index in [1.165, 1.54) is 23.5 Å². The number of hydrogen-bond donors (Lipinski definition) is 10. The van der Waals surface area contributed by atoms with Crippen LogP contribution in [-0.2, 0) is 52.4 Å². The second kappa shape index (κ2) is 46.5. The number of amides is 5. The minimum Gasteiger partial charge on any atom is -0.348 e. The molecule has 0 aliphatic rings. The maximum Gasteiger partial charge on any atom is 0.274 e. The molecule has 672 valence electrons. The fourth-order valence-corrected chi connectivity index (χ4v) is 15.2. The summed E-state index contributed by atoms with van der Waals surface area (Å²) in [5.74, 6) is -1.05. The van der Waals surface area contributed by atoms with Crippen molar-refractivity contribution < 1.29 is 28.4 Å². The number of hydrogen-bond acceptors (Lipinski definition) is 16. The third-order valence-corrected chi connectivity index (χ3v) is 23.2. The van der Waals surface area contributed by atoms with E-state index in [1.807, 2.05) is 281 Å². The number of para-hydroxylation sites is 1. The lowest BCUT2D eigenvalue weighted by Gasteiger charge is -2.10. The molecule has 5 heterocycles. The van der Waals surface area contributed by atoms with E-state index in [0.29, 0.717) is 119 Å². The number of carbonyl (C=O) groups excluding carboxylic acids is 5. The molecule has 0 bridgehead atoms. The van der Waals surface area contributed by atoms with Crippen LogP contribution in [0.3, 0.4) is 0 Å². The van der Waals surface area contributed by atoms with E-state index in [0.717, 1.165) is 117 Å². The highest BCUT2D eigenvalue weighted by atomic mass is 35.5. The third kappa shape index (κ3) is 26.9. The van der Waals surface area contributed by atoms with Crippen molar-refractivity contribution >= 4 is 81.0 Å². The fourth-order valence-electron chi connectivity index (χ4n) is 14.2. The van der Waals surface area contributed by atoms with Crippen LogP contribution in [0.4, 0.5) is 4.39 Å². The zero-order valence-corrected chi connectivity index (χ0v) is 77.4. The highest BCUT2D eigenvalue weighted by Gasteiger charge is 2.24. The fraction of sp³-hybridized carbons (Fsp3) is 0.190. The van der Waals surface area contributed by atoms with Crippen LogP contribution in [0.15, 0.2) is 273 Å². The number of nitrogens with one attached hydrogen (secondary N) is 10. The molecule has 0 saturated heterocycles. The average molecular weight is 1800 g/mol. The second-order valence-electron chi connectivity index (χ2n) is 31.7. The molecular weight excluding hydrogens is 1690 g/mol. The van der Waals surface area contributed by atoms with E-state index in [-0.39, 0.29) is 41.0 Å². The van der Waals surface area contributed by atoms with Gasteiger partial charge in [-0.1, -0.05) is 247 Å². The highest BCUT2D eigenvalue weighted by Crippen LogP contribution is 2.27. The van der Waals surface area contributed by atoms with Crippen molar-refractivity contribution in [1.82, 2.24) is 70.7 Å². The summed E-state index contributed by atoms with van der Waals surface area (Å²) in [6.45, 7) is 25.8. The summed E-state index contributed by atoms with van der Waals surface area (Å²) in [5, 5.41) is 71.4. The van der Waals surface area contributed by atoms with E-state index in [1.54, 1.807) is 64.6 Å². The molecule has 0 atom stereocenters. The van der Waals surface area contributed by atoms with E-state index in [9.17, 15) is 28.4 Å². The quantitative estimate of drug-likeness (QED) is 0.0207. The molecule has 0 spiro atoms. The Bertz CT molecular complexity index is 6590. The number of halogens is 2. The number of aryl methyl sites for hydroxylation is 3. The lowest BCUT2D eigenvalue weighted by molar-refractivity contribution is 0.0938. The smallest absolute Gasteiger partial charge is 0.274 e. The molecule has 0 aliphatic heterocycles. The van der Waals surface area contributed by atoms with Crippen molar-refractivity contribution in [2.75, 3.05) is 0 Å². The van der Waals surface area contributed by atoms with E-state index >= 15 is 0 Å². The van der Waals surface area contributed by atoms with Crippen molar-refractivity contribution in [3.05, 3.63) is 423 Å². The summed E-state index contributed by atoms with van der Waals surface area (Å²) >= 11 is 7.63. The molecular formula is C105H107ClFN19O5S. The van der Waals surface area contributed by atoms with Crippen LogP contribution in [0.2, 0.25) is 5.02 Å². The lowest BCUT2D eigenvalue weighted by atomic mass is 10.1. The highest BCUT2D eigenvalue weighted by molar-refractivity contribution is 7.16. The van der Waals surface area contributed by atoms with Crippen LogP contribution in [0.5, 0.6) is 0 Å². The van der Waals surface area contributed by atoms with Gasteiger partial charge in [-0.05, 0) is 192 Å². The zero-order chi connectivity index (χ0) is 94.7. The molecule has 0 unspecified atom stereocenters. The zero-order valence-electron chi connectivity index (χ0n) is 75.9. The Morgan fingerprint density at radius 1 is 0.379 bits per heavy atom. The van der Waals surface area contributed by atoms with Crippen LogP contribution in [-0.4, -0.2) is 102 Å². The lowest BCUT2D eigenvalue weighted by Crippen LogP contribution is -2.24. The number of carbonyl (C=O) groups is 5. The van der Waals surface area contributed by atoms with Gasteiger partial charge in [0.15, 0.2) is 5.69 Å². The maximum absolute atomic E-state index is 13.0. The Labute approximate surface area is 777 Å². The molecule has 10 N–H and O–H groups in total. The van der Waals surface area contributed by atoms with Gasteiger partial charge in [0.25, 0.3) is 29.5 Å². The largest absolute Gasteiger partial charge is 0.348 e. The Hall–Kier alpha value is -15.4. The van der Waals surface area contributed by atoms with Crippen molar-refractivity contribution in [2.24, 2.45) is 0 Å². The Morgan fingerprint density at radius 3 is 1.16 bits per heavy atom. The van der Waals surface area contributed by atoms with Crippen LogP contribution in [0.1, 0.15) is 198 Å². The SMILES string of the molecule is CC(=N)c1ccc(CNC(=O)c2c(C)nn(Cc3ccccc3)c2C)cc1.CC(=N)c1ccc(CNC(=O)c2c(C)nn(Cc3ccccc3Cl)c2C)cc1.CC(=N)c1ccc(CNC(=O)c2cc(C)n(-c3ccccc3)c2C)cc1.CC(=N)c1ccc(CNC(=O)c2cnc(-c3ccccc3)s2)cc1.CC(=N)c1ccc(CNC(=O)c2nnn(Cc3ccc(F)cc3)c2C)cc1. The number of benzene rings is 10. The molecule has 0 aliphatic carbocycles. The van der Waals surface area contributed by atoms with Gasteiger partial charge >= 0.3 is 0 Å². The number of thiazole rings is 1. The van der Waals surface area contributed by atoms with Crippen LogP contribution in [0.25, 0.3) is 16.3 Å². The summed E-state index contributed by atoms with van der Waals surface area (Å²) in [5.41, 5.74) is 24.9. The number of rotatable bonds is 28. The summed E-state index contributed by atoms with van der Waals surface area (Å²) < 4.78 is 20.4. The molecule has 0 radical (unpaired) electrons. The molecule has 10 aromatic carbocycles. The predicted octanol–water partition coefficient (Wildman–Crippen LogP) is 20.0. The summed E-state index contributed by atoms with van der Waals surface area (Å²) in [6, 6.07) is 83.8. The Morgan fingerprint density at radius 2 is 0.735 bits per heavy atom. The number of aromatic nitrogens is 9. The molecule has 0 saturated carbocycles. The Kier molecular flexibility index (Phi) is 34.3. The minimum atomic E-state index is -0.301. The molecule has 15 rings (SSSR count). The van der Waals surface area contributed by atoms with Crippen molar-refractivity contribution in [3.8, 4) is 16.3 Å². The standard InChI is InChI=1S/C22H23ClN4O.C22H24N4O.C22H23N3O.C20H20FN5O.C19H17N3OS/c1-14(24)18-10-8-17(9-11-18)12-25-22(28)21-15(2)26-27(16(21)3)13-19-6-4-5-7-20(19)23;1-15(23)20-11-9-18(10-12-20)13-24-22(27)21-16(2)25-26(17(21)3)14-19-7-5-4-6-8-19;1-15-13-21(17(3)25(15)20-7-5-4-6-8-20)22(26)24-14-18-9-11-19(12-10-18)16(2)23;1-13(22)17-7-3-15(4-8-17)11-23-20(27)19-14(2)26(25-24-19)12-16-5-9-18(21)10-6-16;1-13(20)15-9-7-14(8-10-15)11-21-18(23)17-12-22-19(24-17)16-5-3-2-4-6-16/h4-11,24H,12-13H2,1-3H3,(H,25,28);4-12,23H,13-14H2,1-3H3,(H,24,27);4-13,23H,14H2,1-3H3,(H,24,26);3-10,22H,11-12H2,1-2H3,(H,23,27);2-10,12,20H,11H2,1H3,(H,21,23). The average Bonchev–Trinajstić information content (AvgIpc) is 1.66. The molecule has 24 nitrogen and oxygen atoms in total. The van der Waals surface area contributed by atoms with Gasteiger partial charge in [-0.2, -0.15) is 10.2 Å². The predicted molar refractivity (Wildman–Crippen MR) is 523 cm³/mol. The molecule has 5 amide bonds. The van der Waals surface area contributed by atoms with Crippen LogP contribution >= 0.6 is 22.9 Å². The Balaban J connectivity index is 0.000000159. The van der Waals surface area contributed by atoms with E-state index in [4.69, 9.17) is 38.6 Å². The molecule has 132 heavy (non-hydrogen) atoms. The van der Waals surface area contributed by atoms with Gasteiger partial charge in [-0.25, -0.2) is 14.1 Å². The monoisotopic (exact) mass is 1800 g/mol. The van der Waals surface area contributed by atoms with Crippen molar-refractivity contribution in [3.63, 3.8) is 0 Å². The van der Waals surface area contributed by atoms with Gasteiger partial charge in [0.1, 0.15) is 15.7 Å². The van der Waals surface area contributed by atoms with E-state index < -0.39 is 0 Å². The van der Waals surface area contributed by atoms with Crippen molar-refractivity contribution in [2.45, 2.75) is 135 Å². The first kappa shape index (κ1) is 97.2. The molecule has 27 heteroatoms. The first-order valence-electron chi connectivity index (χ1n) is 42.7. The summed E-state index contributed by atoms with van der Waals surface area (Å²) in [7, 11) is 0. The molecule has 0 fully saturated rings. The van der Waals surface area contributed by atoms with Crippen LogP contribution in [0, 0.1) is 81.3 Å². The van der Waals surface area contributed by atoms with Gasteiger partial charge in [-0.3, -0.25) is 33.3 Å². The maximum atomic E-state index is 13.0. The normalized spacial score (nSPS) is 10.6. The van der Waals surface area contributed by atoms with Gasteiger partial charge in [-0.15, -0.1) is 16.4 Å². The molecule has 5 aromatic heterocycles. The van der Waals surface area contributed by atoms with Crippen LogP contribution < -0.4 is 26.6 Å². The van der Waals surface area contributed by atoms with Gasteiger partial charge in [0, 0.05) is 100 Å². The minimum absolute atomic E-state index is 0.0763. The summed E-state index contributed by atoms with van der Waals surface area (Å²) in [4.78, 5) is 67.7. The van der Waals surface area contributed by atoms with Gasteiger partial charge < -0.3 is 58.2 Å². The number of nitrogens with zero attached hydrogens (tertiary/aromatic N) is 9. The second-order valence-corrected chi connectivity index (χ2v) is 33.1. The third-order valence-electron chi connectivity index (χ3n) is 21.8. The van der Waals surface area contributed by atoms with Gasteiger partial charge in [0.05, 0.1) is 59.6 Å². The summed E-state index contributed by atoms with van der Waals surface area (Å²) in [6.07, 6.45) is 1.61. The first-order valence-corrected chi connectivity index (χ1v) is 43.9. The molecule has 15 aromatic rings. The van der Waals surface area contributed by atoms with E-state index in [2.05, 4.69) is 68.8 Å². The van der Waals surface area contributed by atoms with Crippen molar-refractivity contribution in [1.29, 1.82) is 27.0 Å². The first-order chi connectivity index (χ1) is 63.4. The van der Waals surface area contributed by atoms with Gasteiger partial charge in [0.2, 0.25) is 0 Å². The topological polar surface area (TPSA) is 349 Å².